The maximum Gasteiger partial charge on any atom is 0.416 e. The standard InChI is InChI=1S/C16H20F3NO/c17-16(18,19)13-4-1-3-12(9-13)10-15(21)6-8-20-7-2-5-14(20)11-15/h1,3-4,9,14,21H,2,5-8,10-11H2. The van der Waals surface area contributed by atoms with Crippen molar-refractivity contribution < 1.29 is 18.3 Å². The minimum Gasteiger partial charge on any atom is -0.389 e. The van der Waals surface area contributed by atoms with E-state index in [9.17, 15) is 18.3 Å². The third-order valence-electron chi connectivity index (χ3n) is 4.77. The molecule has 0 spiro atoms. The van der Waals surface area contributed by atoms with Crippen LogP contribution in [-0.2, 0) is 12.6 Å². The monoisotopic (exact) mass is 299 g/mol. The second-order valence-electron chi connectivity index (χ2n) is 6.39. The molecule has 2 aliphatic heterocycles. The number of nitrogens with zero attached hydrogens (tertiary/aromatic N) is 1. The van der Waals surface area contributed by atoms with E-state index < -0.39 is 17.3 Å². The first kappa shape index (κ1) is 14.9. The van der Waals surface area contributed by atoms with Crippen LogP contribution in [0.4, 0.5) is 13.2 Å². The predicted molar refractivity (Wildman–Crippen MR) is 73.9 cm³/mol. The summed E-state index contributed by atoms with van der Waals surface area (Å²) in [5.41, 5.74) is -0.934. The Morgan fingerprint density at radius 2 is 2.10 bits per heavy atom. The van der Waals surface area contributed by atoms with Crippen LogP contribution in [0.1, 0.15) is 36.8 Å². The van der Waals surface area contributed by atoms with Crippen molar-refractivity contribution >= 4 is 0 Å². The smallest absolute Gasteiger partial charge is 0.389 e. The average molecular weight is 299 g/mol. The largest absolute Gasteiger partial charge is 0.416 e. The summed E-state index contributed by atoms with van der Waals surface area (Å²) in [6.07, 6.45) is -0.465. The Bertz CT molecular complexity index is 516. The van der Waals surface area contributed by atoms with E-state index in [1.54, 1.807) is 6.07 Å². The number of fused-ring (bicyclic) bond motifs is 1. The summed E-state index contributed by atoms with van der Waals surface area (Å²) in [6.45, 7) is 1.93. The van der Waals surface area contributed by atoms with Gasteiger partial charge in [-0.15, -0.1) is 0 Å². The topological polar surface area (TPSA) is 23.5 Å². The van der Waals surface area contributed by atoms with Crippen LogP contribution in [0.25, 0.3) is 0 Å². The highest BCUT2D eigenvalue weighted by molar-refractivity contribution is 5.27. The zero-order chi connectivity index (χ0) is 15.1. The van der Waals surface area contributed by atoms with Gasteiger partial charge in [-0.25, -0.2) is 0 Å². The van der Waals surface area contributed by atoms with Crippen LogP contribution in [-0.4, -0.2) is 34.7 Å². The van der Waals surface area contributed by atoms with Gasteiger partial charge in [0.1, 0.15) is 0 Å². The number of hydrogen-bond acceptors (Lipinski definition) is 2. The van der Waals surface area contributed by atoms with E-state index in [2.05, 4.69) is 4.90 Å². The molecule has 2 nitrogen and oxygen atoms in total. The van der Waals surface area contributed by atoms with Crippen molar-refractivity contribution in [1.29, 1.82) is 0 Å². The molecule has 1 aromatic rings. The maximum atomic E-state index is 12.7. The van der Waals surface area contributed by atoms with Gasteiger partial charge in [0, 0.05) is 19.0 Å². The van der Waals surface area contributed by atoms with Crippen molar-refractivity contribution in [3.05, 3.63) is 35.4 Å². The van der Waals surface area contributed by atoms with Gasteiger partial charge in [-0.3, -0.25) is 0 Å². The number of piperidine rings is 1. The van der Waals surface area contributed by atoms with E-state index in [0.717, 1.165) is 32.0 Å². The van der Waals surface area contributed by atoms with Crippen molar-refractivity contribution in [3.8, 4) is 0 Å². The first-order valence-corrected chi connectivity index (χ1v) is 7.48. The molecule has 1 aromatic carbocycles. The number of hydrogen-bond donors (Lipinski definition) is 1. The van der Waals surface area contributed by atoms with Gasteiger partial charge in [-0.05, 0) is 43.9 Å². The highest BCUT2D eigenvalue weighted by Crippen LogP contribution is 2.36. The zero-order valence-corrected chi connectivity index (χ0v) is 11.9. The molecule has 116 valence electrons. The molecule has 0 bridgehead atoms. The fourth-order valence-corrected chi connectivity index (χ4v) is 3.71. The minimum absolute atomic E-state index is 0.307. The average Bonchev–Trinajstić information content (AvgIpc) is 2.84. The van der Waals surface area contributed by atoms with Crippen molar-refractivity contribution in [2.45, 2.75) is 49.9 Å². The number of rotatable bonds is 2. The second kappa shape index (κ2) is 5.29. The van der Waals surface area contributed by atoms with Crippen LogP contribution in [0.3, 0.4) is 0 Å². The normalized spacial score (nSPS) is 30.4. The number of alkyl halides is 3. The van der Waals surface area contributed by atoms with Gasteiger partial charge in [0.15, 0.2) is 0 Å². The van der Waals surface area contributed by atoms with E-state index in [1.165, 1.54) is 12.1 Å². The molecule has 0 amide bonds. The van der Waals surface area contributed by atoms with Crippen molar-refractivity contribution in [1.82, 2.24) is 4.90 Å². The van der Waals surface area contributed by atoms with Crippen LogP contribution in [0, 0.1) is 0 Å². The first-order chi connectivity index (χ1) is 9.86. The molecule has 0 saturated carbocycles. The van der Waals surface area contributed by atoms with Crippen LogP contribution >= 0.6 is 0 Å². The highest BCUT2D eigenvalue weighted by Gasteiger charge is 2.40. The van der Waals surface area contributed by atoms with Gasteiger partial charge in [0.05, 0.1) is 11.2 Å². The third-order valence-corrected chi connectivity index (χ3v) is 4.77. The molecule has 2 unspecified atom stereocenters. The summed E-state index contributed by atoms with van der Waals surface area (Å²) < 4.78 is 38.2. The van der Waals surface area contributed by atoms with Gasteiger partial charge >= 0.3 is 6.18 Å². The lowest BCUT2D eigenvalue weighted by Gasteiger charge is -2.41. The molecule has 2 heterocycles. The summed E-state index contributed by atoms with van der Waals surface area (Å²) in [4.78, 5) is 2.39. The maximum absolute atomic E-state index is 12.7. The minimum atomic E-state index is -4.33. The Balaban J connectivity index is 1.74. The van der Waals surface area contributed by atoms with Crippen molar-refractivity contribution in [2.24, 2.45) is 0 Å². The van der Waals surface area contributed by atoms with Crippen LogP contribution < -0.4 is 0 Å². The predicted octanol–water partition coefficient (Wildman–Crippen LogP) is 3.24. The van der Waals surface area contributed by atoms with Gasteiger partial charge in [0.25, 0.3) is 0 Å². The Morgan fingerprint density at radius 3 is 2.86 bits per heavy atom. The molecule has 5 heteroatoms. The summed E-state index contributed by atoms with van der Waals surface area (Å²) in [5, 5.41) is 10.8. The first-order valence-electron chi connectivity index (χ1n) is 7.48. The quantitative estimate of drug-likeness (QED) is 0.906. The number of benzene rings is 1. The SMILES string of the molecule is OC1(Cc2cccc(C(F)(F)F)c2)CCN2CCCC2C1. The summed E-state index contributed by atoms with van der Waals surface area (Å²) in [5.74, 6) is 0. The Labute approximate surface area is 122 Å². The van der Waals surface area contributed by atoms with Gasteiger partial charge in [0.2, 0.25) is 0 Å². The fourth-order valence-electron chi connectivity index (χ4n) is 3.71. The molecule has 0 aromatic heterocycles. The van der Waals surface area contributed by atoms with E-state index in [0.29, 0.717) is 30.9 Å². The zero-order valence-electron chi connectivity index (χ0n) is 11.9. The highest BCUT2D eigenvalue weighted by atomic mass is 19.4. The lowest BCUT2D eigenvalue weighted by Crippen LogP contribution is -2.48. The number of aliphatic hydroxyl groups is 1. The molecule has 2 aliphatic rings. The van der Waals surface area contributed by atoms with E-state index in [4.69, 9.17) is 0 Å². The Kier molecular flexibility index (Phi) is 3.74. The molecule has 2 saturated heterocycles. The summed E-state index contributed by atoms with van der Waals surface area (Å²) in [7, 11) is 0. The summed E-state index contributed by atoms with van der Waals surface area (Å²) in [6, 6.07) is 5.74. The second-order valence-corrected chi connectivity index (χ2v) is 6.39. The molecular weight excluding hydrogens is 279 g/mol. The van der Waals surface area contributed by atoms with Crippen LogP contribution in [0.5, 0.6) is 0 Å². The van der Waals surface area contributed by atoms with E-state index >= 15 is 0 Å². The van der Waals surface area contributed by atoms with Crippen molar-refractivity contribution in [2.75, 3.05) is 13.1 Å². The molecule has 2 fully saturated rings. The molecular formula is C16H20F3NO. The molecule has 0 radical (unpaired) electrons. The lowest BCUT2D eigenvalue weighted by molar-refractivity contribution is -0.137. The van der Waals surface area contributed by atoms with Crippen molar-refractivity contribution in [3.63, 3.8) is 0 Å². The molecule has 3 rings (SSSR count). The number of halogens is 3. The van der Waals surface area contributed by atoms with Gasteiger partial charge < -0.3 is 10.0 Å². The molecule has 1 N–H and O–H groups in total. The van der Waals surface area contributed by atoms with Gasteiger partial charge in [-0.2, -0.15) is 13.2 Å². The third kappa shape index (κ3) is 3.24. The van der Waals surface area contributed by atoms with E-state index in [-0.39, 0.29) is 0 Å². The fraction of sp³-hybridized carbons (Fsp3) is 0.625. The Hall–Kier alpha value is -1.07. The molecule has 0 aliphatic carbocycles. The lowest BCUT2D eigenvalue weighted by atomic mass is 9.81. The Morgan fingerprint density at radius 1 is 1.29 bits per heavy atom. The van der Waals surface area contributed by atoms with Gasteiger partial charge in [-0.1, -0.05) is 18.2 Å². The summed E-state index contributed by atoms with van der Waals surface area (Å²) >= 11 is 0. The van der Waals surface area contributed by atoms with Crippen LogP contribution in [0.15, 0.2) is 24.3 Å². The van der Waals surface area contributed by atoms with E-state index in [1.807, 2.05) is 0 Å². The molecule has 21 heavy (non-hydrogen) atoms. The van der Waals surface area contributed by atoms with Crippen LogP contribution in [0.2, 0.25) is 0 Å². The molecule has 2 atom stereocenters.